The summed E-state index contributed by atoms with van der Waals surface area (Å²) in [5.74, 6) is 0.443. The summed E-state index contributed by atoms with van der Waals surface area (Å²) in [6, 6.07) is 9.74. The van der Waals surface area contributed by atoms with Crippen molar-refractivity contribution >= 4 is 23.2 Å². The molecule has 2 aromatic carbocycles. The first-order chi connectivity index (χ1) is 10.0. The maximum Gasteiger partial charge on any atom is 0.146 e. The molecule has 21 heavy (non-hydrogen) atoms. The maximum absolute atomic E-state index is 13.0. The second-order valence-corrected chi connectivity index (χ2v) is 5.46. The predicted octanol–water partition coefficient (Wildman–Crippen LogP) is 5.60. The van der Waals surface area contributed by atoms with Gasteiger partial charge in [-0.3, -0.25) is 0 Å². The number of hydrogen-bond donors (Lipinski definition) is 1. The van der Waals surface area contributed by atoms with Crippen LogP contribution in [0.4, 0.5) is 4.39 Å². The monoisotopic (exact) mass is 327 g/mol. The van der Waals surface area contributed by atoms with Gasteiger partial charge in [0.15, 0.2) is 0 Å². The molecule has 5 heteroatoms. The third-order valence-electron chi connectivity index (χ3n) is 3.08. The van der Waals surface area contributed by atoms with Crippen molar-refractivity contribution in [3.8, 4) is 11.5 Å². The van der Waals surface area contributed by atoms with Crippen LogP contribution in [-0.2, 0) is 0 Å². The van der Waals surface area contributed by atoms with Crippen molar-refractivity contribution in [3.63, 3.8) is 0 Å². The summed E-state index contributed by atoms with van der Waals surface area (Å²) in [5.41, 5.74) is 1.07. The van der Waals surface area contributed by atoms with Gasteiger partial charge in [-0.25, -0.2) is 4.39 Å². The van der Waals surface area contributed by atoms with Crippen molar-refractivity contribution in [2.45, 2.75) is 19.9 Å². The molecule has 0 radical (unpaired) electrons. The van der Waals surface area contributed by atoms with Gasteiger partial charge in [0.05, 0.1) is 10.0 Å². The molecule has 0 amide bonds. The van der Waals surface area contributed by atoms with E-state index in [1.165, 1.54) is 18.2 Å². The molecule has 2 aromatic rings. The van der Waals surface area contributed by atoms with Gasteiger partial charge in [0, 0.05) is 6.04 Å². The third kappa shape index (κ3) is 4.10. The normalized spacial score (nSPS) is 12.2. The molecule has 0 saturated carbocycles. The van der Waals surface area contributed by atoms with Crippen molar-refractivity contribution < 1.29 is 9.13 Å². The van der Waals surface area contributed by atoms with Gasteiger partial charge in [-0.15, -0.1) is 0 Å². The standard InChI is InChI=1S/C16H16Cl2FNO/c1-3-20-10(2)11-4-6-15(13(17)8-11)21-16-7-5-12(19)9-14(16)18/h4-10,20H,3H2,1-2H3. The molecule has 1 atom stereocenters. The Kier molecular flexibility index (Phi) is 5.45. The van der Waals surface area contributed by atoms with Crippen LogP contribution < -0.4 is 10.1 Å². The zero-order valence-electron chi connectivity index (χ0n) is 11.8. The Labute approximate surface area is 133 Å². The summed E-state index contributed by atoms with van der Waals surface area (Å²) in [5, 5.41) is 4.00. The van der Waals surface area contributed by atoms with Crippen LogP contribution in [0, 0.1) is 5.82 Å². The smallest absolute Gasteiger partial charge is 0.146 e. The lowest BCUT2D eigenvalue weighted by atomic mass is 10.1. The van der Waals surface area contributed by atoms with E-state index in [9.17, 15) is 4.39 Å². The lowest BCUT2D eigenvalue weighted by molar-refractivity contribution is 0.480. The zero-order valence-corrected chi connectivity index (χ0v) is 13.3. The Bertz CT molecular complexity index is 634. The van der Waals surface area contributed by atoms with Gasteiger partial charge >= 0.3 is 0 Å². The molecule has 0 fully saturated rings. The molecule has 0 bridgehead atoms. The number of halogens is 3. The van der Waals surface area contributed by atoms with Gasteiger partial charge < -0.3 is 10.1 Å². The summed E-state index contributed by atoms with van der Waals surface area (Å²) in [4.78, 5) is 0. The molecule has 0 aromatic heterocycles. The molecular weight excluding hydrogens is 312 g/mol. The van der Waals surface area contributed by atoms with Gasteiger partial charge in [-0.1, -0.05) is 36.2 Å². The highest BCUT2D eigenvalue weighted by Gasteiger charge is 2.10. The van der Waals surface area contributed by atoms with Gasteiger partial charge in [0.2, 0.25) is 0 Å². The Morgan fingerprint density at radius 2 is 1.71 bits per heavy atom. The van der Waals surface area contributed by atoms with Crippen molar-refractivity contribution in [3.05, 3.63) is 57.8 Å². The fraction of sp³-hybridized carbons (Fsp3) is 0.250. The van der Waals surface area contributed by atoms with Crippen molar-refractivity contribution in [2.75, 3.05) is 6.54 Å². The van der Waals surface area contributed by atoms with Crippen molar-refractivity contribution in [2.24, 2.45) is 0 Å². The van der Waals surface area contributed by atoms with Crippen LogP contribution in [0.5, 0.6) is 11.5 Å². The zero-order chi connectivity index (χ0) is 15.4. The van der Waals surface area contributed by atoms with Crippen LogP contribution in [-0.4, -0.2) is 6.54 Å². The predicted molar refractivity (Wildman–Crippen MR) is 85.0 cm³/mol. The Morgan fingerprint density at radius 1 is 1.10 bits per heavy atom. The topological polar surface area (TPSA) is 21.3 Å². The maximum atomic E-state index is 13.0. The molecule has 0 saturated heterocycles. The average molecular weight is 328 g/mol. The molecule has 2 nitrogen and oxygen atoms in total. The average Bonchev–Trinajstić information content (AvgIpc) is 2.44. The Hall–Kier alpha value is -1.29. The van der Waals surface area contributed by atoms with Crippen LogP contribution in [0.3, 0.4) is 0 Å². The molecule has 0 aliphatic carbocycles. The summed E-state index contributed by atoms with van der Waals surface area (Å²) in [6.45, 7) is 4.99. The molecule has 2 rings (SSSR count). The van der Waals surface area contributed by atoms with E-state index in [0.717, 1.165) is 12.1 Å². The van der Waals surface area contributed by atoms with Crippen LogP contribution in [0.1, 0.15) is 25.5 Å². The van der Waals surface area contributed by atoms with Crippen molar-refractivity contribution in [1.29, 1.82) is 0 Å². The lowest BCUT2D eigenvalue weighted by Gasteiger charge is -2.15. The summed E-state index contributed by atoms with van der Waals surface area (Å²) in [7, 11) is 0. The number of rotatable bonds is 5. The van der Waals surface area contributed by atoms with Crippen molar-refractivity contribution in [1.82, 2.24) is 5.32 Å². The van der Waals surface area contributed by atoms with E-state index < -0.39 is 5.82 Å². The third-order valence-corrected chi connectivity index (χ3v) is 3.67. The minimum atomic E-state index is -0.409. The van der Waals surface area contributed by atoms with E-state index >= 15 is 0 Å². The number of hydrogen-bond acceptors (Lipinski definition) is 2. The first-order valence-corrected chi connectivity index (χ1v) is 7.42. The van der Waals surface area contributed by atoms with Gasteiger partial charge in [0.1, 0.15) is 17.3 Å². The van der Waals surface area contributed by atoms with Crippen LogP contribution >= 0.6 is 23.2 Å². The highest BCUT2D eigenvalue weighted by molar-refractivity contribution is 6.32. The molecular formula is C16H16Cl2FNO. The summed E-state index contributed by atoms with van der Waals surface area (Å²) >= 11 is 12.2. The Morgan fingerprint density at radius 3 is 2.29 bits per heavy atom. The minimum absolute atomic E-state index is 0.205. The highest BCUT2D eigenvalue weighted by Crippen LogP contribution is 2.35. The first kappa shape index (κ1) is 16.1. The lowest BCUT2D eigenvalue weighted by Crippen LogP contribution is -2.17. The van der Waals surface area contributed by atoms with E-state index in [1.54, 1.807) is 6.07 Å². The second-order valence-electron chi connectivity index (χ2n) is 4.65. The van der Waals surface area contributed by atoms with Gasteiger partial charge in [-0.05, 0) is 49.4 Å². The van der Waals surface area contributed by atoms with Crippen LogP contribution in [0.15, 0.2) is 36.4 Å². The number of benzene rings is 2. The summed E-state index contributed by atoms with van der Waals surface area (Å²) < 4.78 is 18.6. The molecule has 1 unspecified atom stereocenters. The molecule has 1 N–H and O–H groups in total. The SMILES string of the molecule is CCNC(C)c1ccc(Oc2ccc(F)cc2Cl)c(Cl)c1. The molecule has 0 heterocycles. The van der Waals surface area contributed by atoms with E-state index in [4.69, 9.17) is 27.9 Å². The molecule has 112 valence electrons. The Balaban J connectivity index is 2.21. The minimum Gasteiger partial charge on any atom is -0.454 e. The van der Waals surface area contributed by atoms with E-state index in [-0.39, 0.29) is 11.1 Å². The van der Waals surface area contributed by atoms with E-state index in [1.807, 2.05) is 19.1 Å². The molecule has 0 spiro atoms. The van der Waals surface area contributed by atoms with Gasteiger partial charge in [-0.2, -0.15) is 0 Å². The number of nitrogens with one attached hydrogen (secondary N) is 1. The molecule has 0 aliphatic rings. The van der Waals surface area contributed by atoms with E-state index in [2.05, 4.69) is 12.2 Å². The fourth-order valence-electron chi connectivity index (χ4n) is 1.97. The first-order valence-electron chi connectivity index (χ1n) is 6.67. The van der Waals surface area contributed by atoms with Crippen LogP contribution in [0.2, 0.25) is 10.0 Å². The largest absolute Gasteiger partial charge is 0.454 e. The van der Waals surface area contributed by atoms with E-state index in [0.29, 0.717) is 16.5 Å². The van der Waals surface area contributed by atoms with Crippen LogP contribution in [0.25, 0.3) is 0 Å². The second kappa shape index (κ2) is 7.12. The number of ether oxygens (including phenoxy) is 1. The molecule has 0 aliphatic heterocycles. The summed E-state index contributed by atoms with van der Waals surface area (Å²) in [6.07, 6.45) is 0. The highest BCUT2D eigenvalue weighted by atomic mass is 35.5. The van der Waals surface area contributed by atoms with Gasteiger partial charge in [0.25, 0.3) is 0 Å². The quantitative estimate of drug-likeness (QED) is 0.772. The fourth-order valence-corrected chi connectivity index (χ4v) is 2.40.